The molecule has 0 bridgehead atoms. The number of hydrogen-bond donors (Lipinski definition) is 2. The molecule has 0 aliphatic heterocycles. The van der Waals surface area contributed by atoms with Gasteiger partial charge in [0.15, 0.2) is 0 Å². The Hall–Kier alpha value is -1.06. The topological polar surface area (TPSA) is 66.4 Å². The fourth-order valence-corrected chi connectivity index (χ4v) is 2.16. The van der Waals surface area contributed by atoms with E-state index in [1.165, 1.54) is 19.3 Å². The Balaban J connectivity index is 2.39. The van der Waals surface area contributed by atoms with E-state index in [1.807, 2.05) is 0 Å². The third-order valence-corrected chi connectivity index (χ3v) is 3.45. The van der Waals surface area contributed by atoms with Crippen molar-refractivity contribution in [1.82, 2.24) is 5.32 Å². The number of amides is 1. The van der Waals surface area contributed by atoms with Crippen LogP contribution < -0.4 is 5.32 Å². The van der Waals surface area contributed by atoms with E-state index in [0.717, 1.165) is 12.3 Å². The summed E-state index contributed by atoms with van der Waals surface area (Å²) in [7, 11) is 0. The fourth-order valence-electron chi connectivity index (χ4n) is 2.16. The van der Waals surface area contributed by atoms with Crippen molar-refractivity contribution in [2.75, 3.05) is 6.54 Å². The summed E-state index contributed by atoms with van der Waals surface area (Å²) < 4.78 is 0. The second-order valence-electron chi connectivity index (χ2n) is 6.01. The largest absolute Gasteiger partial charge is 0.481 e. The van der Waals surface area contributed by atoms with E-state index >= 15 is 0 Å². The molecule has 2 N–H and O–H groups in total. The van der Waals surface area contributed by atoms with Crippen molar-refractivity contribution in [1.29, 1.82) is 0 Å². The molecule has 0 spiro atoms. The highest BCUT2D eigenvalue weighted by atomic mass is 16.4. The van der Waals surface area contributed by atoms with Gasteiger partial charge in [0.1, 0.15) is 5.92 Å². The molecule has 0 aromatic carbocycles. The lowest BCUT2D eigenvalue weighted by atomic mass is 9.80. The van der Waals surface area contributed by atoms with Gasteiger partial charge in [0.2, 0.25) is 5.91 Å². The van der Waals surface area contributed by atoms with Crippen molar-refractivity contribution >= 4 is 11.9 Å². The smallest absolute Gasteiger partial charge is 0.316 e. The van der Waals surface area contributed by atoms with Crippen molar-refractivity contribution in [3.63, 3.8) is 0 Å². The van der Waals surface area contributed by atoms with Gasteiger partial charge < -0.3 is 10.4 Å². The van der Waals surface area contributed by atoms with Gasteiger partial charge in [-0.25, -0.2) is 0 Å². The minimum atomic E-state index is -1.04. The molecule has 1 amide bonds. The Morgan fingerprint density at radius 3 is 2.29 bits per heavy atom. The number of carbonyl (C=O) groups excluding carboxylic acids is 1. The summed E-state index contributed by atoms with van der Waals surface area (Å²) >= 11 is 0. The standard InChI is InChI=1S/C13H23NO3/c1-13(2,3)10(12(16)17)11(15)14-8-7-9-5-4-6-9/h9-10H,4-8H2,1-3H3,(H,14,15)(H,16,17). The Morgan fingerprint density at radius 1 is 1.35 bits per heavy atom. The number of nitrogens with one attached hydrogen (secondary N) is 1. The third kappa shape index (κ3) is 4.02. The van der Waals surface area contributed by atoms with Crippen LogP contribution in [0.3, 0.4) is 0 Å². The molecule has 0 saturated heterocycles. The average Bonchev–Trinajstić information content (AvgIpc) is 2.05. The number of carboxylic acid groups (broad SMARTS) is 1. The summed E-state index contributed by atoms with van der Waals surface area (Å²) in [4.78, 5) is 22.9. The van der Waals surface area contributed by atoms with Gasteiger partial charge in [0.25, 0.3) is 0 Å². The Morgan fingerprint density at radius 2 is 1.94 bits per heavy atom. The number of carboxylic acids is 1. The molecular formula is C13H23NO3. The second-order valence-corrected chi connectivity index (χ2v) is 6.01. The summed E-state index contributed by atoms with van der Waals surface area (Å²) in [6, 6.07) is 0. The molecule has 1 aliphatic rings. The first-order chi connectivity index (χ1) is 7.82. The Labute approximate surface area is 103 Å². The minimum absolute atomic E-state index is 0.357. The minimum Gasteiger partial charge on any atom is -0.481 e. The van der Waals surface area contributed by atoms with Gasteiger partial charge in [-0.15, -0.1) is 0 Å². The van der Waals surface area contributed by atoms with Gasteiger partial charge in [-0.1, -0.05) is 40.0 Å². The van der Waals surface area contributed by atoms with E-state index in [1.54, 1.807) is 20.8 Å². The van der Waals surface area contributed by atoms with Crippen molar-refractivity contribution in [3.8, 4) is 0 Å². The zero-order valence-electron chi connectivity index (χ0n) is 11.0. The van der Waals surface area contributed by atoms with Crippen LogP contribution in [-0.4, -0.2) is 23.5 Å². The summed E-state index contributed by atoms with van der Waals surface area (Å²) in [5, 5.41) is 11.8. The Bertz CT molecular complexity index is 290. The molecular weight excluding hydrogens is 218 g/mol. The van der Waals surface area contributed by atoms with Crippen molar-refractivity contribution < 1.29 is 14.7 Å². The van der Waals surface area contributed by atoms with E-state index < -0.39 is 17.3 Å². The first kappa shape index (κ1) is 14.0. The molecule has 1 saturated carbocycles. The third-order valence-electron chi connectivity index (χ3n) is 3.45. The van der Waals surface area contributed by atoms with Crippen LogP contribution in [0.25, 0.3) is 0 Å². The number of aliphatic carboxylic acids is 1. The Kier molecular flexibility index (Phi) is 4.54. The highest BCUT2D eigenvalue weighted by molar-refractivity contribution is 5.97. The average molecular weight is 241 g/mol. The van der Waals surface area contributed by atoms with Crippen molar-refractivity contribution in [2.45, 2.75) is 46.5 Å². The highest BCUT2D eigenvalue weighted by Gasteiger charge is 2.37. The first-order valence-electron chi connectivity index (χ1n) is 6.33. The van der Waals surface area contributed by atoms with Gasteiger partial charge in [0, 0.05) is 6.54 Å². The number of hydrogen-bond acceptors (Lipinski definition) is 2. The van der Waals surface area contributed by atoms with Gasteiger partial charge in [-0.2, -0.15) is 0 Å². The normalized spacial score (nSPS) is 18.3. The predicted molar refractivity (Wildman–Crippen MR) is 65.5 cm³/mol. The first-order valence-corrected chi connectivity index (χ1v) is 6.33. The summed E-state index contributed by atoms with van der Waals surface area (Å²) in [6.07, 6.45) is 4.76. The van der Waals surface area contributed by atoms with Crippen LogP contribution in [0.1, 0.15) is 46.5 Å². The van der Waals surface area contributed by atoms with Crippen LogP contribution in [0.15, 0.2) is 0 Å². The van der Waals surface area contributed by atoms with Crippen LogP contribution in [0, 0.1) is 17.3 Å². The lowest BCUT2D eigenvalue weighted by Crippen LogP contribution is -2.43. The molecule has 17 heavy (non-hydrogen) atoms. The van der Waals surface area contributed by atoms with Crippen LogP contribution >= 0.6 is 0 Å². The lowest BCUT2D eigenvalue weighted by Gasteiger charge is -2.28. The number of rotatable bonds is 5. The monoisotopic (exact) mass is 241 g/mol. The van der Waals surface area contributed by atoms with Gasteiger partial charge in [0.05, 0.1) is 0 Å². The van der Waals surface area contributed by atoms with Crippen molar-refractivity contribution in [2.24, 2.45) is 17.3 Å². The molecule has 1 aliphatic carbocycles. The molecule has 98 valence electrons. The highest BCUT2D eigenvalue weighted by Crippen LogP contribution is 2.29. The molecule has 0 aromatic rings. The SMILES string of the molecule is CC(C)(C)C(C(=O)O)C(=O)NCCC1CCC1. The predicted octanol–water partition coefficient (Wildman–Crippen LogP) is 2.04. The molecule has 0 heterocycles. The van der Waals surface area contributed by atoms with Crippen molar-refractivity contribution in [3.05, 3.63) is 0 Å². The van der Waals surface area contributed by atoms with Gasteiger partial charge in [-0.3, -0.25) is 9.59 Å². The summed E-state index contributed by atoms with van der Waals surface area (Å²) in [6.45, 7) is 5.93. The van der Waals surface area contributed by atoms with E-state index in [2.05, 4.69) is 5.32 Å². The zero-order valence-corrected chi connectivity index (χ0v) is 11.0. The molecule has 4 heteroatoms. The van der Waals surface area contributed by atoms with E-state index in [4.69, 9.17) is 5.11 Å². The van der Waals surface area contributed by atoms with E-state index in [-0.39, 0.29) is 5.91 Å². The molecule has 0 radical (unpaired) electrons. The van der Waals surface area contributed by atoms with E-state index in [0.29, 0.717) is 6.54 Å². The second kappa shape index (κ2) is 5.52. The summed E-state index contributed by atoms with van der Waals surface area (Å²) in [5.74, 6) is -1.64. The molecule has 1 unspecified atom stereocenters. The fraction of sp³-hybridized carbons (Fsp3) is 0.846. The van der Waals surface area contributed by atoms with Gasteiger partial charge in [-0.05, 0) is 17.8 Å². The maximum atomic E-state index is 11.8. The molecule has 1 fully saturated rings. The maximum Gasteiger partial charge on any atom is 0.316 e. The molecule has 0 aromatic heterocycles. The maximum absolute atomic E-state index is 11.8. The zero-order chi connectivity index (χ0) is 13.1. The van der Waals surface area contributed by atoms with Crippen LogP contribution in [-0.2, 0) is 9.59 Å². The van der Waals surface area contributed by atoms with Crippen LogP contribution in [0.2, 0.25) is 0 Å². The summed E-state index contributed by atoms with van der Waals surface area (Å²) in [5.41, 5.74) is -0.549. The van der Waals surface area contributed by atoms with E-state index in [9.17, 15) is 9.59 Å². The lowest BCUT2D eigenvalue weighted by molar-refractivity contribution is -0.151. The molecule has 1 rings (SSSR count). The van der Waals surface area contributed by atoms with Gasteiger partial charge >= 0.3 is 5.97 Å². The molecule has 4 nitrogen and oxygen atoms in total. The van der Waals surface area contributed by atoms with Crippen LogP contribution in [0.5, 0.6) is 0 Å². The van der Waals surface area contributed by atoms with Crippen LogP contribution in [0.4, 0.5) is 0 Å². The molecule has 1 atom stereocenters. The quantitative estimate of drug-likeness (QED) is 0.724. The number of carbonyl (C=O) groups is 2.